The van der Waals surface area contributed by atoms with E-state index in [2.05, 4.69) is 16.0 Å². The van der Waals surface area contributed by atoms with Gasteiger partial charge in [0, 0.05) is 63.4 Å². The van der Waals surface area contributed by atoms with Gasteiger partial charge in [-0.3, -0.25) is 4.90 Å². The second kappa shape index (κ2) is 9.02. The minimum Gasteiger partial charge on any atom is -0.450 e. The zero-order valence-corrected chi connectivity index (χ0v) is 18.9. The van der Waals surface area contributed by atoms with Crippen molar-refractivity contribution in [3.8, 4) is 0 Å². The van der Waals surface area contributed by atoms with Crippen LogP contribution in [0, 0.1) is 5.92 Å². The highest BCUT2D eigenvalue weighted by Gasteiger charge is 2.48. The average molecular weight is 431 g/mol. The van der Waals surface area contributed by atoms with Crippen molar-refractivity contribution in [1.82, 2.24) is 14.8 Å². The van der Waals surface area contributed by atoms with Crippen LogP contribution in [0.5, 0.6) is 0 Å². The summed E-state index contributed by atoms with van der Waals surface area (Å²) < 4.78 is 11.2. The highest BCUT2D eigenvalue weighted by molar-refractivity contribution is 5.90. The first-order valence-electron chi connectivity index (χ1n) is 11.6. The van der Waals surface area contributed by atoms with Crippen molar-refractivity contribution in [3.05, 3.63) is 23.9 Å². The fourth-order valence-corrected chi connectivity index (χ4v) is 5.10. The number of carbonyl (C=O) groups excluding carboxylic acids is 2. The molecule has 170 valence electrons. The van der Waals surface area contributed by atoms with Crippen molar-refractivity contribution >= 4 is 18.0 Å². The van der Waals surface area contributed by atoms with E-state index in [4.69, 9.17) is 9.47 Å². The van der Waals surface area contributed by atoms with Gasteiger partial charge < -0.3 is 19.3 Å². The van der Waals surface area contributed by atoms with Gasteiger partial charge in [0.15, 0.2) is 0 Å². The molecule has 3 aliphatic rings. The van der Waals surface area contributed by atoms with E-state index in [1.165, 1.54) is 0 Å². The van der Waals surface area contributed by atoms with E-state index < -0.39 is 5.60 Å². The van der Waals surface area contributed by atoms with Gasteiger partial charge in [-0.05, 0) is 51.7 Å². The van der Waals surface area contributed by atoms with Crippen LogP contribution in [0.1, 0.15) is 52.0 Å². The van der Waals surface area contributed by atoms with Crippen LogP contribution in [-0.2, 0) is 15.1 Å². The van der Waals surface area contributed by atoms with Crippen LogP contribution < -0.4 is 4.90 Å². The predicted molar refractivity (Wildman–Crippen MR) is 117 cm³/mol. The standard InChI is InChI=1S/C23H34N4O4/c1-4-30-21(28)26-12-7-18(8-13-26)16-25-14-9-23(10-15-25)19-6-5-11-24-20(19)27(17(2)3)22(29)31-23/h5-6,11,17-18H,4,7-10,12-16H2,1-3H3. The zero-order chi connectivity index (χ0) is 22.0. The van der Waals surface area contributed by atoms with Gasteiger partial charge in [-0.25, -0.2) is 14.6 Å². The summed E-state index contributed by atoms with van der Waals surface area (Å²) in [5.74, 6) is 1.33. The molecule has 0 atom stereocenters. The lowest BCUT2D eigenvalue weighted by molar-refractivity contribution is -0.0465. The summed E-state index contributed by atoms with van der Waals surface area (Å²) in [5, 5.41) is 0. The number of hydrogen-bond acceptors (Lipinski definition) is 6. The molecule has 8 heteroatoms. The zero-order valence-electron chi connectivity index (χ0n) is 18.9. The Hall–Kier alpha value is -2.35. The van der Waals surface area contributed by atoms with E-state index in [1.807, 2.05) is 31.7 Å². The largest absolute Gasteiger partial charge is 0.450 e. The summed E-state index contributed by atoms with van der Waals surface area (Å²) in [5.41, 5.74) is 0.459. The monoisotopic (exact) mass is 430 g/mol. The predicted octanol–water partition coefficient (Wildman–Crippen LogP) is 3.61. The Morgan fingerprint density at radius 1 is 1.26 bits per heavy atom. The molecule has 0 N–H and O–H groups in total. The molecule has 0 radical (unpaired) electrons. The lowest BCUT2D eigenvalue weighted by Gasteiger charge is -2.47. The molecule has 8 nitrogen and oxygen atoms in total. The van der Waals surface area contributed by atoms with Crippen molar-refractivity contribution in [1.29, 1.82) is 0 Å². The normalized spacial score (nSPS) is 21.9. The van der Waals surface area contributed by atoms with Crippen LogP contribution in [0.3, 0.4) is 0 Å². The van der Waals surface area contributed by atoms with Crippen LogP contribution in [0.25, 0.3) is 0 Å². The Labute approximate surface area is 184 Å². The van der Waals surface area contributed by atoms with Gasteiger partial charge in [0.05, 0.1) is 6.61 Å². The molecule has 2 amide bonds. The van der Waals surface area contributed by atoms with Gasteiger partial charge in [0.25, 0.3) is 0 Å². The highest BCUT2D eigenvalue weighted by Crippen LogP contribution is 2.45. The molecule has 0 aromatic carbocycles. The number of likely N-dealkylation sites (tertiary alicyclic amines) is 2. The minimum atomic E-state index is -0.574. The molecule has 2 saturated heterocycles. The van der Waals surface area contributed by atoms with E-state index in [0.29, 0.717) is 12.5 Å². The quantitative estimate of drug-likeness (QED) is 0.727. The fourth-order valence-electron chi connectivity index (χ4n) is 5.10. The van der Waals surface area contributed by atoms with Crippen molar-refractivity contribution in [2.75, 3.05) is 44.2 Å². The average Bonchev–Trinajstić information content (AvgIpc) is 2.76. The molecule has 0 aliphatic carbocycles. The van der Waals surface area contributed by atoms with Crippen molar-refractivity contribution < 1.29 is 19.1 Å². The maximum atomic E-state index is 12.8. The summed E-state index contributed by atoms with van der Waals surface area (Å²) in [6.07, 6.45) is 4.84. The second-order valence-corrected chi connectivity index (χ2v) is 9.13. The Bertz CT molecular complexity index is 799. The molecule has 1 aromatic heterocycles. The summed E-state index contributed by atoms with van der Waals surface area (Å²) in [6.45, 7) is 10.6. The molecule has 31 heavy (non-hydrogen) atoms. The van der Waals surface area contributed by atoms with Gasteiger partial charge in [-0.1, -0.05) is 0 Å². The molecule has 4 heterocycles. The van der Waals surface area contributed by atoms with E-state index in [9.17, 15) is 9.59 Å². The van der Waals surface area contributed by atoms with Gasteiger partial charge in [-0.15, -0.1) is 0 Å². The lowest BCUT2D eigenvalue weighted by atomic mass is 9.82. The lowest BCUT2D eigenvalue weighted by Crippen LogP contribution is -2.54. The van der Waals surface area contributed by atoms with Crippen molar-refractivity contribution in [2.24, 2.45) is 5.92 Å². The van der Waals surface area contributed by atoms with Crippen LogP contribution >= 0.6 is 0 Å². The van der Waals surface area contributed by atoms with Crippen LogP contribution in [0.15, 0.2) is 18.3 Å². The number of amides is 2. The second-order valence-electron chi connectivity index (χ2n) is 9.13. The number of nitrogens with zero attached hydrogens (tertiary/aromatic N) is 4. The third-order valence-corrected chi connectivity index (χ3v) is 6.82. The molecule has 0 saturated carbocycles. The smallest absolute Gasteiger partial charge is 0.416 e. The molecular formula is C23H34N4O4. The summed E-state index contributed by atoms with van der Waals surface area (Å²) in [4.78, 5) is 35.2. The van der Waals surface area contributed by atoms with Gasteiger partial charge in [0.1, 0.15) is 11.4 Å². The number of piperidine rings is 2. The van der Waals surface area contributed by atoms with Gasteiger partial charge in [0.2, 0.25) is 0 Å². The molecule has 1 aromatic rings. The molecule has 0 bridgehead atoms. The number of anilines is 1. The number of aromatic nitrogens is 1. The fraction of sp³-hybridized carbons (Fsp3) is 0.696. The molecule has 1 spiro atoms. The van der Waals surface area contributed by atoms with E-state index in [-0.39, 0.29) is 18.2 Å². The van der Waals surface area contributed by atoms with Crippen molar-refractivity contribution in [2.45, 2.75) is 58.1 Å². The first kappa shape index (κ1) is 21.9. The molecular weight excluding hydrogens is 396 g/mol. The summed E-state index contributed by atoms with van der Waals surface area (Å²) in [7, 11) is 0. The third-order valence-electron chi connectivity index (χ3n) is 6.82. The van der Waals surface area contributed by atoms with Crippen molar-refractivity contribution in [3.63, 3.8) is 0 Å². The number of ether oxygens (including phenoxy) is 2. The first-order chi connectivity index (χ1) is 14.9. The summed E-state index contributed by atoms with van der Waals surface area (Å²) >= 11 is 0. The highest BCUT2D eigenvalue weighted by atomic mass is 16.6. The Kier molecular flexibility index (Phi) is 6.36. The molecule has 2 fully saturated rings. The number of pyridine rings is 1. The SMILES string of the molecule is CCOC(=O)N1CCC(CN2CCC3(CC2)OC(=O)N(C(C)C)c2ncccc23)CC1. The Balaban J connectivity index is 1.36. The third kappa shape index (κ3) is 4.35. The first-order valence-corrected chi connectivity index (χ1v) is 11.6. The topological polar surface area (TPSA) is 75.2 Å². The number of carbonyl (C=O) groups is 2. The summed E-state index contributed by atoms with van der Waals surface area (Å²) in [6, 6.07) is 3.99. The number of rotatable bonds is 4. The number of fused-ring (bicyclic) bond motifs is 2. The van der Waals surface area contributed by atoms with Crippen LogP contribution in [-0.4, -0.2) is 72.3 Å². The van der Waals surface area contributed by atoms with Gasteiger partial charge in [-0.2, -0.15) is 0 Å². The maximum absolute atomic E-state index is 12.8. The van der Waals surface area contributed by atoms with Gasteiger partial charge >= 0.3 is 12.2 Å². The Morgan fingerprint density at radius 3 is 2.61 bits per heavy atom. The van der Waals surface area contributed by atoms with E-state index >= 15 is 0 Å². The van der Waals surface area contributed by atoms with Crippen LogP contribution in [0.4, 0.5) is 15.4 Å². The van der Waals surface area contributed by atoms with E-state index in [0.717, 1.165) is 69.8 Å². The van der Waals surface area contributed by atoms with E-state index in [1.54, 1.807) is 11.1 Å². The molecule has 4 rings (SSSR count). The maximum Gasteiger partial charge on any atom is 0.416 e. The molecule has 3 aliphatic heterocycles. The molecule has 0 unspecified atom stereocenters. The minimum absolute atomic E-state index is 0.000867. The number of hydrogen-bond donors (Lipinski definition) is 0. The van der Waals surface area contributed by atoms with Crippen LogP contribution in [0.2, 0.25) is 0 Å². The Morgan fingerprint density at radius 2 is 1.97 bits per heavy atom.